The Morgan fingerprint density at radius 3 is 2.35 bits per heavy atom. The van der Waals surface area contributed by atoms with Crippen LogP contribution in [0.4, 0.5) is 4.79 Å². The van der Waals surface area contributed by atoms with E-state index in [-0.39, 0.29) is 18.0 Å². The molecule has 1 saturated heterocycles. The van der Waals surface area contributed by atoms with Crippen LogP contribution in [0.2, 0.25) is 0 Å². The summed E-state index contributed by atoms with van der Waals surface area (Å²) in [5.41, 5.74) is -0.216. The maximum atomic E-state index is 12.1. The molecule has 0 atom stereocenters. The van der Waals surface area contributed by atoms with Crippen molar-refractivity contribution in [3.8, 4) is 5.75 Å². The van der Waals surface area contributed by atoms with Crippen molar-refractivity contribution in [1.29, 1.82) is 0 Å². The van der Waals surface area contributed by atoms with Crippen LogP contribution in [0.5, 0.6) is 5.75 Å². The fourth-order valence-corrected chi connectivity index (χ4v) is 2.19. The first-order valence-corrected chi connectivity index (χ1v) is 6.70. The fourth-order valence-electron chi connectivity index (χ4n) is 2.19. The SMILES string of the molecule is CC(C)(C)N1CCN(C(=O)Oc2ccccc2)CC1=O. The van der Waals surface area contributed by atoms with Crippen LogP contribution in [-0.4, -0.2) is 47.0 Å². The lowest BCUT2D eigenvalue weighted by Crippen LogP contribution is -2.58. The maximum Gasteiger partial charge on any atom is 0.415 e. The minimum absolute atomic E-state index is 0.0474. The van der Waals surface area contributed by atoms with E-state index in [0.29, 0.717) is 18.8 Å². The molecule has 0 aliphatic carbocycles. The first-order valence-electron chi connectivity index (χ1n) is 6.70. The fraction of sp³-hybridized carbons (Fsp3) is 0.467. The van der Waals surface area contributed by atoms with E-state index in [1.165, 1.54) is 4.90 Å². The van der Waals surface area contributed by atoms with E-state index >= 15 is 0 Å². The highest BCUT2D eigenvalue weighted by Gasteiger charge is 2.33. The number of para-hydroxylation sites is 1. The van der Waals surface area contributed by atoms with Gasteiger partial charge >= 0.3 is 6.09 Å². The van der Waals surface area contributed by atoms with Crippen molar-refractivity contribution < 1.29 is 14.3 Å². The quantitative estimate of drug-likeness (QED) is 0.789. The molecule has 0 saturated carbocycles. The van der Waals surface area contributed by atoms with Gasteiger partial charge in [0.2, 0.25) is 5.91 Å². The van der Waals surface area contributed by atoms with Gasteiger partial charge < -0.3 is 9.64 Å². The summed E-state index contributed by atoms with van der Waals surface area (Å²) in [4.78, 5) is 27.3. The molecule has 5 nitrogen and oxygen atoms in total. The van der Waals surface area contributed by atoms with Crippen molar-refractivity contribution in [3.63, 3.8) is 0 Å². The van der Waals surface area contributed by atoms with Crippen molar-refractivity contribution in [3.05, 3.63) is 30.3 Å². The van der Waals surface area contributed by atoms with Gasteiger partial charge in [-0.15, -0.1) is 0 Å². The van der Waals surface area contributed by atoms with Gasteiger partial charge in [0.25, 0.3) is 0 Å². The molecule has 1 fully saturated rings. The normalized spacial score (nSPS) is 16.2. The molecular weight excluding hydrogens is 256 g/mol. The topological polar surface area (TPSA) is 49.9 Å². The number of nitrogens with zero attached hydrogens (tertiary/aromatic N) is 2. The summed E-state index contributed by atoms with van der Waals surface area (Å²) in [6.45, 7) is 7.07. The molecular formula is C15H20N2O3. The minimum Gasteiger partial charge on any atom is -0.410 e. The van der Waals surface area contributed by atoms with Crippen LogP contribution in [0.15, 0.2) is 30.3 Å². The lowest BCUT2D eigenvalue weighted by molar-refractivity contribution is -0.140. The van der Waals surface area contributed by atoms with Crippen LogP contribution < -0.4 is 4.74 Å². The molecule has 108 valence electrons. The number of benzene rings is 1. The Morgan fingerprint density at radius 1 is 1.15 bits per heavy atom. The van der Waals surface area contributed by atoms with Gasteiger partial charge in [0.05, 0.1) is 0 Å². The summed E-state index contributed by atoms with van der Waals surface area (Å²) in [7, 11) is 0. The second-order valence-electron chi connectivity index (χ2n) is 5.82. The summed E-state index contributed by atoms with van der Waals surface area (Å²) in [5, 5.41) is 0. The van der Waals surface area contributed by atoms with Crippen LogP contribution in [0.1, 0.15) is 20.8 Å². The Bertz CT molecular complexity index is 494. The van der Waals surface area contributed by atoms with Gasteiger partial charge in [-0.25, -0.2) is 4.79 Å². The number of hydrogen-bond acceptors (Lipinski definition) is 3. The highest BCUT2D eigenvalue weighted by atomic mass is 16.6. The van der Waals surface area contributed by atoms with Crippen molar-refractivity contribution in [2.45, 2.75) is 26.3 Å². The molecule has 1 aliphatic heterocycles. The van der Waals surface area contributed by atoms with Crippen LogP contribution >= 0.6 is 0 Å². The van der Waals surface area contributed by atoms with Crippen molar-refractivity contribution in [2.24, 2.45) is 0 Å². The average Bonchev–Trinajstić information content (AvgIpc) is 2.38. The standard InChI is InChI=1S/C15H20N2O3/c1-15(2,3)17-10-9-16(11-13(17)18)14(19)20-12-7-5-4-6-8-12/h4-8H,9-11H2,1-3H3. The largest absolute Gasteiger partial charge is 0.415 e. The molecule has 0 radical (unpaired) electrons. The number of rotatable bonds is 1. The zero-order chi connectivity index (χ0) is 14.8. The van der Waals surface area contributed by atoms with Gasteiger partial charge in [0.15, 0.2) is 0 Å². The minimum atomic E-state index is -0.474. The van der Waals surface area contributed by atoms with Crippen LogP contribution in [0.25, 0.3) is 0 Å². The number of carbonyl (C=O) groups excluding carboxylic acids is 2. The Kier molecular flexibility index (Phi) is 3.97. The van der Waals surface area contributed by atoms with Crippen molar-refractivity contribution in [2.75, 3.05) is 19.6 Å². The number of ether oxygens (including phenoxy) is 1. The summed E-state index contributed by atoms with van der Waals surface area (Å²) in [6, 6.07) is 8.87. The third-order valence-corrected chi connectivity index (χ3v) is 3.24. The third-order valence-electron chi connectivity index (χ3n) is 3.24. The maximum absolute atomic E-state index is 12.1. The number of hydrogen-bond donors (Lipinski definition) is 0. The van der Waals surface area contributed by atoms with Crippen molar-refractivity contribution >= 4 is 12.0 Å². The van der Waals surface area contributed by atoms with Gasteiger partial charge in [-0.05, 0) is 32.9 Å². The second-order valence-corrected chi connectivity index (χ2v) is 5.82. The molecule has 20 heavy (non-hydrogen) atoms. The highest BCUT2D eigenvalue weighted by molar-refractivity contribution is 5.84. The molecule has 0 aromatic heterocycles. The summed E-state index contributed by atoms with van der Waals surface area (Å²) in [5.74, 6) is 0.442. The lowest BCUT2D eigenvalue weighted by atomic mass is 10.0. The monoisotopic (exact) mass is 276 g/mol. The third kappa shape index (κ3) is 3.29. The van der Waals surface area contributed by atoms with E-state index in [1.54, 1.807) is 29.2 Å². The molecule has 5 heteroatoms. The second kappa shape index (κ2) is 5.53. The predicted octanol–water partition coefficient (Wildman–Crippen LogP) is 2.13. The Labute approximate surface area is 119 Å². The first-order chi connectivity index (χ1) is 9.38. The zero-order valence-electron chi connectivity index (χ0n) is 12.1. The molecule has 1 aromatic rings. The molecule has 0 unspecified atom stereocenters. The predicted molar refractivity (Wildman–Crippen MR) is 75.5 cm³/mol. The molecule has 1 heterocycles. The first kappa shape index (κ1) is 14.4. The smallest absolute Gasteiger partial charge is 0.410 e. The molecule has 0 N–H and O–H groups in total. The average molecular weight is 276 g/mol. The van der Waals surface area contributed by atoms with Crippen LogP contribution in [0.3, 0.4) is 0 Å². The molecule has 1 aromatic carbocycles. The van der Waals surface area contributed by atoms with Crippen molar-refractivity contribution in [1.82, 2.24) is 9.80 Å². The Hall–Kier alpha value is -2.04. The van der Waals surface area contributed by atoms with E-state index in [9.17, 15) is 9.59 Å². The van der Waals surface area contributed by atoms with Gasteiger partial charge in [-0.2, -0.15) is 0 Å². The molecule has 0 bridgehead atoms. The Balaban J connectivity index is 1.96. The zero-order valence-corrected chi connectivity index (χ0v) is 12.1. The van der Waals surface area contributed by atoms with Gasteiger partial charge in [-0.1, -0.05) is 18.2 Å². The molecule has 2 rings (SSSR count). The molecule has 2 amide bonds. The lowest BCUT2D eigenvalue weighted by Gasteiger charge is -2.41. The highest BCUT2D eigenvalue weighted by Crippen LogP contribution is 2.18. The van der Waals surface area contributed by atoms with E-state index < -0.39 is 6.09 Å². The van der Waals surface area contributed by atoms with Gasteiger partial charge in [-0.3, -0.25) is 9.69 Å². The van der Waals surface area contributed by atoms with Crippen LogP contribution in [-0.2, 0) is 4.79 Å². The van der Waals surface area contributed by atoms with E-state index in [0.717, 1.165) is 0 Å². The van der Waals surface area contributed by atoms with E-state index in [4.69, 9.17) is 4.74 Å². The van der Waals surface area contributed by atoms with Gasteiger partial charge in [0.1, 0.15) is 12.3 Å². The molecule has 1 aliphatic rings. The summed E-state index contributed by atoms with van der Waals surface area (Å²) in [6.07, 6.45) is -0.474. The summed E-state index contributed by atoms with van der Waals surface area (Å²) >= 11 is 0. The number of carbonyl (C=O) groups is 2. The van der Waals surface area contributed by atoms with Crippen LogP contribution in [0, 0.1) is 0 Å². The van der Waals surface area contributed by atoms with E-state index in [1.807, 2.05) is 26.8 Å². The number of piperazine rings is 1. The molecule has 0 spiro atoms. The van der Waals surface area contributed by atoms with E-state index in [2.05, 4.69) is 0 Å². The van der Waals surface area contributed by atoms with Gasteiger partial charge in [0, 0.05) is 18.6 Å². The number of amides is 2. The Morgan fingerprint density at radius 2 is 1.80 bits per heavy atom. The summed E-state index contributed by atoms with van der Waals surface area (Å²) < 4.78 is 5.24.